The lowest BCUT2D eigenvalue weighted by Gasteiger charge is -2.16. The van der Waals surface area contributed by atoms with Crippen molar-refractivity contribution in [1.29, 1.82) is 0 Å². The van der Waals surface area contributed by atoms with Gasteiger partial charge in [0.05, 0.1) is 13.7 Å². The van der Waals surface area contributed by atoms with Crippen LogP contribution in [0.2, 0.25) is 0 Å². The van der Waals surface area contributed by atoms with Gasteiger partial charge in [-0.25, -0.2) is 4.39 Å². The van der Waals surface area contributed by atoms with Gasteiger partial charge in [0.2, 0.25) is 5.82 Å². The minimum atomic E-state index is -1.02. The van der Waals surface area contributed by atoms with E-state index < -0.39 is 23.6 Å². The summed E-state index contributed by atoms with van der Waals surface area (Å²) in [6.45, 7) is 2.71. The number of hydrogen-bond acceptors (Lipinski definition) is 4. The monoisotopic (exact) mass is 287 g/mol. The number of benzene rings is 1. The van der Waals surface area contributed by atoms with E-state index in [0.717, 1.165) is 12.5 Å². The lowest BCUT2D eigenvalue weighted by atomic mass is 10.2. The second-order valence-electron chi connectivity index (χ2n) is 4.22. The smallest absolute Gasteiger partial charge is 0.322 e. The summed E-state index contributed by atoms with van der Waals surface area (Å²) in [5.41, 5.74) is 0. The maximum Gasteiger partial charge on any atom is 0.322 e. The highest BCUT2D eigenvalue weighted by Crippen LogP contribution is 2.19. The highest BCUT2D eigenvalue weighted by atomic mass is 19.2. The van der Waals surface area contributed by atoms with Crippen LogP contribution in [0.15, 0.2) is 18.2 Å². The number of rotatable bonds is 8. The third-order valence-corrected chi connectivity index (χ3v) is 2.71. The second kappa shape index (κ2) is 8.47. The predicted molar refractivity (Wildman–Crippen MR) is 70.6 cm³/mol. The Balaban J connectivity index is 2.51. The molecular formula is C14H19F2NO3. The fourth-order valence-electron chi connectivity index (χ4n) is 1.65. The third kappa shape index (κ3) is 4.77. The molecule has 20 heavy (non-hydrogen) atoms. The molecule has 1 aromatic rings. The highest BCUT2D eigenvalue weighted by molar-refractivity contribution is 5.75. The molecule has 0 bridgehead atoms. The van der Waals surface area contributed by atoms with Gasteiger partial charge in [-0.2, -0.15) is 4.39 Å². The van der Waals surface area contributed by atoms with E-state index in [9.17, 15) is 13.6 Å². The molecule has 0 saturated carbocycles. The van der Waals surface area contributed by atoms with Gasteiger partial charge in [0.25, 0.3) is 0 Å². The lowest BCUT2D eigenvalue weighted by molar-refractivity contribution is -0.143. The van der Waals surface area contributed by atoms with E-state index in [1.165, 1.54) is 19.2 Å². The van der Waals surface area contributed by atoms with Gasteiger partial charge in [-0.05, 0) is 25.1 Å². The third-order valence-electron chi connectivity index (χ3n) is 2.71. The molecule has 0 saturated heterocycles. The molecular weight excluding hydrogens is 268 g/mol. The van der Waals surface area contributed by atoms with Crippen LogP contribution in [0.1, 0.15) is 19.8 Å². The van der Waals surface area contributed by atoms with Crippen molar-refractivity contribution in [1.82, 2.24) is 5.32 Å². The average molecular weight is 287 g/mol. The zero-order valence-electron chi connectivity index (χ0n) is 11.6. The van der Waals surface area contributed by atoms with E-state index in [1.54, 1.807) is 0 Å². The summed E-state index contributed by atoms with van der Waals surface area (Å²) in [4.78, 5) is 11.5. The van der Waals surface area contributed by atoms with Crippen molar-refractivity contribution in [2.24, 2.45) is 0 Å². The highest BCUT2D eigenvalue weighted by Gasteiger charge is 2.18. The SMILES string of the molecule is CCCNC(CCOc1cccc(F)c1F)C(=O)OC. The number of esters is 1. The van der Waals surface area contributed by atoms with E-state index in [0.29, 0.717) is 13.0 Å². The normalized spacial score (nSPS) is 12.0. The topological polar surface area (TPSA) is 47.6 Å². The van der Waals surface area contributed by atoms with Crippen LogP contribution in [-0.2, 0) is 9.53 Å². The Morgan fingerprint density at radius 1 is 1.40 bits per heavy atom. The molecule has 1 N–H and O–H groups in total. The molecule has 0 aliphatic rings. The van der Waals surface area contributed by atoms with Crippen molar-refractivity contribution in [3.63, 3.8) is 0 Å². The number of carbonyl (C=O) groups is 1. The number of nitrogens with one attached hydrogen (secondary N) is 1. The summed E-state index contributed by atoms with van der Waals surface area (Å²) in [5.74, 6) is -2.55. The Morgan fingerprint density at radius 3 is 2.80 bits per heavy atom. The zero-order valence-corrected chi connectivity index (χ0v) is 11.6. The fraction of sp³-hybridized carbons (Fsp3) is 0.500. The van der Waals surface area contributed by atoms with Crippen LogP contribution >= 0.6 is 0 Å². The fourth-order valence-corrected chi connectivity index (χ4v) is 1.65. The van der Waals surface area contributed by atoms with Crippen LogP contribution in [0.3, 0.4) is 0 Å². The molecule has 0 amide bonds. The standard InChI is InChI=1S/C14H19F2NO3/c1-3-8-17-11(14(18)19-2)7-9-20-12-6-4-5-10(15)13(12)16/h4-6,11,17H,3,7-9H2,1-2H3. The van der Waals surface area contributed by atoms with Crippen molar-refractivity contribution in [2.75, 3.05) is 20.3 Å². The summed E-state index contributed by atoms with van der Waals surface area (Å²) < 4.78 is 36.1. The van der Waals surface area contributed by atoms with Crippen molar-refractivity contribution in [3.8, 4) is 5.75 Å². The molecule has 1 atom stereocenters. The van der Waals surface area contributed by atoms with E-state index in [4.69, 9.17) is 4.74 Å². The van der Waals surface area contributed by atoms with Crippen molar-refractivity contribution in [3.05, 3.63) is 29.8 Å². The Kier molecular flexibility index (Phi) is 6.93. The molecule has 0 aliphatic heterocycles. The molecule has 0 spiro atoms. The lowest BCUT2D eigenvalue weighted by Crippen LogP contribution is -2.39. The van der Waals surface area contributed by atoms with Gasteiger partial charge in [-0.3, -0.25) is 4.79 Å². The maximum absolute atomic E-state index is 13.3. The number of hydrogen-bond donors (Lipinski definition) is 1. The van der Waals surface area contributed by atoms with Crippen molar-refractivity contribution < 1.29 is 23.0 Å². The van der Waals surface area contributed by atoms with E-state index in [-0.39, 0.29) is 12.4 Å². The molecule has 1 aromatic carbocycles. The summed E-state index contributed by atoms with van der Waals surface area (Å²) in [6, 6.07) is 3.20. The van der Waals surface area contributed by atoms with Crippen molar-refractivity contribution >= 4 is 5.97 Å². The molecule has 112 valence electrons. The first kappa shape index (κ1) is 16.4. The molecule has 0 aromatic heterocycles. The van der Waals surface area contributed by atoms with Crippen molar-refractivity contribution in [2.45, 2.75) is 25.8 Å². The minimum Gasteiger partial charge on any atom is -0.490 e. The van der Waals surface area contributed by atoms with E-state index in [1.807, 2.05) is 6.92 Å². The van der Waals surface area contributed by atoms with Gasteiger partial charge >= 0.3 is 5.97 Å². The van der Waals surface area contributed by atoms with Gasteiger partial charge in [0, 0.05) is 6.42 Å². The van der Waals surface area contributed by atoms with Gasteiger partial charge in [-0.15, -0.1) is 0 Å². The van der Waals surface area contributed by atoms with Crippen LogP contribution < -0.4 is 10.1 Å². The number of methoxy groups -OCH3 is 1. The van der Waals surface area contributed by atoms with Gasteiger partial charge in [0.15, 0.2) is 11.6 Å². The van der Waals surface area contributed by atoms with Crippen LogP contribution in [-0.4, -0.2) is 32.3 Å². The molecule has 1 unspecified atom stereocenters. The van der Waals surface area contributed by atoms with Crippen LogP contribution in [0, 0.1) is 11.6 Å². The van der Waals surface area contributed by atoms with Crippen LogP contribution in [0.25, 0.3) is 0 Å². The summed E-state index contributed by atoms with van der Waals surface area (Å²) in [5, 5.41) is 3.01. The number of ether oxygens (including phenoxy) is 2. The predicted octanol–water partition coefficient (Wildman–Crippen LogP) is 2.27. The Morgan fingerprint density at radius 2 is 2.15 bits per heavy atom. The van der Waals surface area contributed by atoms with Gasteiger partial charge < -0.3 is 14.8 Å². The summed E-state index contributed by atoms with van der Waals surface area (Å²) in [6.07, 6.45) is 1.18. The van der Waals surface area contributed by atoms with Crippen LogP contribution in [0.4, 0.5) is 8.78 Å². The number of carbonyl (C=O) groups excluding carboxylic acids is 1. The maximum atomic E-state index is 13.3. The Labute approximate surface area is 117 Å². The number of halogens is 2. The average Bonchev–Trinajstić information content (AvgIpc) is 2.46. The molecule has 0 aliphatic carbocycles. The Bertz CT molecular complexity index is 440. The zero-order chi connectivity index (χ0) is 15.0. The first-order valence-electron chi connectivity index (χ1n) is 6.48. The van der Waals surface area contributed by atoms with E-state index in [2.05, 4.69) is 10.1 Å². The second-order valence-corrected chi connectivity index (χ2v) is 4.22. The van der Waals surface area contributed by atoms with Crippen LogP contribution in [0.5, 0.6) is 5.75 Å². The Hall–Kier alpha value is -1.69. The quantitative estimate of drug-likeness (QED) is 0.745. The molecule has 1 rings (SSSR count). The van der Waals surface area contributed by atoms with Gasteiger partial charge in [0.1, 0.15) is 6.04 Å². The molecule has 0 fully saturated rings. The molecule has 6 heteroatoms. The molecule has 0 heterocycles. The molecule has 0 radical (unpaired) electrons. The first-order chi connectivity index (χ1) is 9.60. The summed E-state index contributed by atoms with van der Waals surface area (Å²) >= 11 is 0. The first-order valence-corrected chi connectivity index (χ1v) is 6.48. The van der Waals surface area contributed by atoms with E-state index >= 15 is 0 Å². The minimum absolute atomic E-state index is 0.0802. The van der Waals surface area contributed by atoms with Gasteiger partial charge in [-0.1, -0.05) is 13.0 Å². The summed E-state index contributed by atoms with van der Waals surface area (Å²) in [7, 11) is 1.30. The molecule has 4 nitrogen and oxygen atoms in total. The largest absolute Gasteiger partial charge is 0.490 e.